The van der Waals surface area contributed by atoms with Crippen LogP contribution in [0.3, 0.4) is 0 Å². The number of hydrogen-bond acceptors (Lipinski definition) is 12. The second-order valence-electron chi connectivity index (χ2n) is 7.80. The maximum Gasteiger partial charge on any atom is 0.344 e. The van der Waals surface area contributed by atoms with Gasteiger partial charge in [-0.25, -0.2) is 14.2 Å². The van der Waals surface area contributed by atoms with Crippen molar-refractivity contribution in [3.63, 3.8) is 0 Å². The first kappa shape index (κ1) is 26.5. The van der Waals surface area contributed by atoms with Crippen LogP contribution in [0.1, 0.15) is 16.2 Å². The molecule has 198 valence electrons. The number of nitrogen functional groups attached to an aromatic ring is 1. The number of fused-ring (bicyclic) bond motifs is 1. The molecule has 2 aromatic heterocycles. The molecule has 2 aromatic rings. The summed E-state index contributed by atoms with van der Waals surface area (Å²) in [5.74, 6) is -4.71. The van der Waals surface area contributed by atoms with Gasteiger partial charge < -0.3 is 31.8 Å². The number of thioether (sulfide) groups is 1. The number of aliphatic carboxylic acids is 1. The molecule has 3 amide bonds. The Labute approximate surface area is 221 Å². The number of β-lactam (4-membered cyclic amide) rings is 1. The van der Waals surface area contributed by atoms with Crippen molar-refractivity contribution in [2.45, 2.75) is 18.0 Å². The van der Waals surface area contributed by atoms with Gasteiger partial charge in [0.05, 0.1) is 5.56 Å². The van der Waals surface area contributed by atoms with Gasteiger partial charge in [0.2, 0.25) is 18.1 Å². The van der Waals surface area contributed by atoms with Crippen LogP contribution >= 0.6 is 23.3 Å². The molecule has 1 fully saturated rings. The number of hydrogen-bond donors (Lipinski definition) is 5. The summed E-state index contributed by atoms with van der Waals surface area (Å²) in [4.78, 5) is 69.8. The topological polar surface area (TPSA) is 244 Å². The highest BCUT2D eigenvalue weighted by Gasteiger charge is 2.54. The number of carboxylic acid groups (broad SMARTS) is 2. The van der Waals surface area contributed by atoms with Crippen LogP contribution in [0.15, 0.2) is 41.0 Å². The standard InChI is InChI=1S/C20H18N8O8S2/c21-14(31)13-9(5-27-3-1-8(2-4-27)19(34)35)7-37-18-12(17(33)28(13)18)23-16(32)11(25-36-6-10(29)30)15-24-20(22)38-26-15/h1-4,12,18H,5-7H2,(H6-,21,22,23,24,26,29,30,31,32,34,35)/p+1/t12?,18-/m0/s1. The Kier molecular flexibility index (Phi) is 7.53. The molecule has 1 saturated heterocycles. The van der Waals surface area contributed by atoms with E-state index in [2.05, 4.69) is 24.7 Å². The molecule has 0 saturated carbocycles. The first-order valence-electron chi connectivity index (χ1n) is 10.6. The number of carboxylic acids is 2. The molecule has 18 heteroatoms. The molecule has 0 aromatic carbocycles. The second kappa shape index (κ2) is 10.8. The number of aromatic carboxylic acids is 1. The second-order valence-corrected chi connectivity index (χ2v) is 9.69. The van der Waals surface area contributed by atoms with Crippen molar-refractivity contribution >= 4 is 63.8 Å². The SMILES string of the molecule is NC(=O)C1=C(C[n+]2ccc(C(=O)O)cc2)CS[C@H]2C(NC(=O)C(=NOCC(=O)O)c3nsc(N)n3)C(=O)N12. The van der Waals surface area contributed by atoms with Crippen LogP contribution in [0.25, 0.3) is 0 Å². The van der Waals surface area contributed by atoms with Gasteiger partial charge in [-0.05, 0) is 0 Å². The van der Waals surface area contributed by atoms with Gasteiger partial charge in [-0.15, -0.1) is 11.8 Å². The van der Waals surface area contributed by atoms with Crippen molar-refractivity contribution in [1.82, 2.24) is 19.6 Å². The van der Waals surface area contributed by atoms with E-state index in [1.165, 1.54) is 41.2 Å². The molecule has 1 unspecified atom stereocenters. The maximum atomic E-state index is 13.0. The van der Waals surface area contributed by atoms with Crippen LogP contribution < -0.4 is 21.4 Å². The minimum Gasteiger partial charge on any atom is -0.479 e. The number of oxime groups is 1. The van der Waals surface area contributed by atoms with Crippen LogP contribution in [-0.2, 0) is 30.6 Å². The van der Waals surface area contributed by atoms with E-state index in [-0.39, 0.29) is 28.8 Å². The zero-order valence-corrected chi connectivity index (χ0v) is 20.8. The van der Waals surface area contributed by atoms with E-state index >= 15 is 0 Å². The number of nitrogens with zero attached hydrogens (tertiary/aromatic N) is 5. The van der Waals surface area contributed by atoms with Crippen LogP contribution in [0.2, 0.25) is 0 Å². The van der Waals surface area contributed by atoms with Gasteiger partial charge in [-0.1, -0.05) is 5.16 Å². The Hall–Kier alpha value is -4.58. The van der Waals surface area contributed by atoms with Gasteiger partial charge in [0.15, 0.2) is 24.1 Å². The molecular weight excluding hydrogens is 544 g/mol. The quantitative estimate of drug-likeness (QED) is 0.0891. The van der Waals surface area contributed by atoms with E-state index in [0.717, 1.165) is 11.5 Å². The molecule has 2 aliphatic heterocycles. The molecule has 0 bridgehead atoms. The molecule has 2 aliphatic rings. The third kappa shape index (κ3) is 5.39. The molecule has 4 rings (SSSR count). The summed E-state index contributed by atoms with van der Waals surface area (Å²) in [5, 5.41) is 23.2. The Morgan fingerprint density at radius 3 is 2.55 bits per heavy atom. The fraction of sp³-hybridized carbons (Fsp3) is 0.250. The number of pyridine rings is 1. The smallest absolute Gasteiger partial charge is 0.344 e. The lowest BCUT2D eigenvalue weighted by atomic mass is 10.0. The summed E-state index contributed by atoms with van der Waals surface area (Å²) in [6.07, 6.45) is 3.05. The molecule has 7 N–H and O–H groups in total. The fourth-order valence-electron chi connectivity index (χ4n) is 3.65. The van der Waals surface area contributed by atoms with Gasteiger partial charge >= 0.3 is 11.9 Å². The van der Waals surface area contributed by atoms with Crippen molar-refractivity contribution in [3.8, 4) is 0 Å². The third-order valence-electron chi connectivity index (χ3n) is 5.29. The Bertz CT molecular complexity index is 1390. The fourth-order valence-corrected chi connectivity index (χ4v) is 5.42. The Balaban J connectivity index is 1.52. The van der Waals surface area contributed by atoms with Crippen LogP contribution in [-0.4, -0.2) is 83.6 Å². The first-order valence-corrected chi connectivity index (χ1v) is 12.4. The number of carbonyl (C=O) groups excluding carboxylic acids is 3. The number of carbonyl (C=O) groups is 5. The van der Waals surface area contributed by atoms with Crippen molar-refractivity contribution in [2.24, 2.45) is 10.9 Å². The van der Waals surface area contributed by atoms with Gasteiger partial charge in [-0.2, -0.15) is 9.36 Å². The zero-order valence-electron chi connectivity index (χ0n) is 19.1. The van der Waals surface area contributed by atoms with E-state index in [9.17, 15) is 24.0 Å². The molecule has 4 heterocycles. The minimum absolute atomic E-state index is 0.00770. The summed E-state index contributed by atoms with van der Waals surface area (Å²) in [6, 6.07) is 1.73. The van der Waals surface area contributed by atoms with Crippen molar-refractivity contribution < 1.29 is 43.6 Å². The highest BCUT2D eigenvalue weighted by Crippen LogP contribution is 2.40. The predicted octanol–water partition coefficient (Wildman–Crippen LogP) is -2.25. The van der Waals surface area contributed by atoms with Crippen molar-refractivity contribution in [3.05, 3.63) is 47.2 Å². The molecule has 38 heavy (non-hydrogen) atoms. The number of primary amides is 1. The van der Waals surface area contributed by atoms with Crippen LogP contribution in [0, 0.1) is 0 Å². The van der Waals surface area contributed by atoms with E-state index in [1.54, 1.807) is 4.57 Å². The van der Waals surface area contributed by atoms with Crippen molar-refractivity contribution in [2.75, 3.05) is 18.1 Å². The number of nitrogens with one attached hydrogen (secondary N) is 1. The maximum absolute atomic E-state index is 13.0. The van der Waals surface area contributed by atoms with E-state index < -0.39 is 53.4 Å². The van der Waals surface area contributed by atoms with E-state index in [1.807, 2.05) is 0 Å². The first-order chi connectivity index (χ1) is 18.1. The highest BCUT2D eigenvalue weighted by atomic mass is 32.2. The number of aromatic nitrogens is 3. The third-order valence-corrected chi connectivity index (χ3v) is 7.17. The summed E-state index contributed by atoms with van der Waals surface area (Å²) in [5.41, 5.74) is 11.3. The Morgan fingerprint density at radius 1 is 1.26 bits per heavy atom. The van der Waals surface area contributed by atoms with Gasteiger partial charge in [0, 0.05) is 35.0 Å². The average Bonchev–Trinajstić information content (AvgIpc) is 3.30. The monoisotopic (exact) mass is 563 g/mol. The molecule has 16 nitrogen and oxygen atoms in total. The highest BCUT2D eigenvalue weighted by molar-refractivity contribution is 8.00. The number of rotatable bonds is 10. The van der Waals surface area contributed by atoms with E-state index in [4.69, 9.17) is 21.7 Å². The lowest BCUT2D eigenvalue weighted by molar-refractivity contribution is -0.689. The summed E-state index contributed by atoms with van der Waals surface area (Å²) < 4.78 is 5.51. The summed E-state index contributed by atoms with van der Waals surface area (Å²) in [7, 11) is 0. The van der Waals surface area contributed by atoms with Gasteiger partial charge in [0.25, 0.3) is 17.7 Å². The summed E-state index contributed by atoms with van der Waals surface area (Å²) in [6.45, 7) is -0.662. The number of nitrogens with two attached hydrogens (primary N) is 2. The average molecular weight is 564 g/mol. The molecular formula is C20H19N8O8S2+. The van der Waals surface area contributed by atoms with Gasteiger partial charge in [0.1, 0.15) is 17.1 Å². The Morgan fingerprint density at radius 2 is 1.97 bits per heavy atom. The lowest BCUT2D eigenvalue weighted by Crippen LogP contribution is -2.71. The minimum atomic E-state index is -1.33. The molecule has 2 atom stereocenters. The van der Waals surface area contributed by atoms with E-state index in [0.29, 0.717) is 11.3 Å². The molecule has 0 aliphatic carbocycles. The zero-order chi connectivity index (χ0) is 27.6. The molecule has 0 spiro atoms. The molecule has 0 radical (unpaired) electrons. The predicted molar refractivity (Wildman–Crippen MR) is 129 cm³/mol. The van der Waals surface area contributed by atoms with Gasteiger partial charge in [-0.3, -0.25) is 19.3 Å². The number of anilines is 1. The van der Waals surface area contributed by atoms with Crippen LogP contribution in [0.5, 0.6) is 0 Å². The normalized spacial score (nSPS) is 18.9. The van der Waals surface area contributed by atoms with Crippen LogP contribution in [0.4, 0.5) is 5.13 Å². The van der Waals surface area contributed by atoms with Crippen molar-refractivity contribution in [1.29, 1.82) is 0 Å². The largest absolute Gasteiger partial charge is 0.479 e. The summed E-state index contributed by atoms with van der Waals surface area (Å²) >= 11 is 2.05. The lowest BCUT2D eigenvalue weighted by Gasteiger charge is -2.49. The number of amides is 3.